The summed E-state index contributed by atoms with van der Waals surface area (Å²) >= 11 is 11.7. The molecule has 1 aromatic carbocycles. The van der Waals surface area contributed by atoms with Crippen LogP contribution < -0.4 is 4.74 Å². The van der Waals surface area contributed by atoms with Gasteiger partial charge in [-0.05, 0) is 31.0 Å². The van der Waals surface area contributed by atoms with Crippen LogP contribution in [0.15, 0.2) is 18.2 Å². The van der Waals surface area contributed by atoms with E-state index >= 15 is 0 Å². The van der Waals surface area contributed by atoms with Gasteiger partial charge in [0.05, 0.1) is 11.4 Å². The zero-order valence-electron chi connectivity index (χ0n) is 11.2. The molecule has 1 fully saturated rings. The Morgan fingerprint density at radius 2 is 2.05 bits per heavy atom. The van der Waals surface area contributed by atoms with Gasteiger partial charge in [0, 0.05) is 17.6 Å². The van der Waals surface area contributed by atoms with Gasteiger partial charge in [0.15, 0.2) is 6.61 Å². The van der Waals surface area contributed by atoms with Crippen LogP contribution in [0.1, 0.15) is 19.3 Å². The van der Waals surface area contributed by atoms with Crippen LogP contribution in [0, 0.1) is 0 Å². The zero-order chi connectivity index (χ0) is 15.4. The summed E-state index contributed by atoms with van der Waals surface area (Å²) in [6, 6.07) is 4.89. The second-order valence-corrected chi connectivity index (χ2v) is 5.67. The second-order valence-electron chi connectivity index (χ2n) is 4.83. The Balaban J connectivity index is 1.91. The topological polar surface area (TPSA) is 66.8 Å². The van der Waals surface area contributed by atoms with Crippen LogP contribution in [0.3, 0.4) is 0 Å². The third kappa shape index (κ3) is 4.79. The lowest BCUT2D eigenvalue weighted by Crippen LogP contribution is -2.38. The molecule has 0 atom stereocenters. The summed E-state index contributed by atoms with van der Waals surface area (Å²) in [5.74, 6) is -0.775. The van der Waals surface area contributed by atoms with E-state index in [2.05, 4.69) is 0 Å². The maximum absolute atomic E-state index is 12.1. The fraction of sp³-hybridized carbons (Fsp3) is 0.429. The highest BCUT2D eigenvalue weighted by atomic mass is 35.5. The van der Waals surface area contributed by atoms with Crippen molar-refractivity contribution < 1.29 is 19.4 Å². The molecular weight excluding hydrogens is 317 g/mol. The predicted octanol–water partition coefficient (Wildman–Crippen LogP) is 2.84. The minimum Gasteiger partial charge on any atom is -0.482 e. The molecule has 1 saturated carbocycles. The summed E-state index contributed by atoms with van der Waals surface area (Å²) in [7, 11) is 0. The normalized spacial score (nSPS) is 13.8. The van der Waals surface area contributed by atoms with E-state index in [1.54, 1.807) is 17.0 Å². The lowest BCUT2D eigenvalue weighted by atomic mass is 10.3. The number of aliphatic carboxylic acids is 1. The summed E-state index contributed by atoms with van der Waals surface area (Å²) < 4.78 is 5.39. The number of hydrogen-bond acceptors (Lipinski definition) is 3. The number of benzene rings is 1. The van der Waals surface area contributed by atoms with Crippen molar-refractivity contribution in [2.24, 2.45) is 0 Å². The first kappa shape index (κ1) is 15.9. The van der Waals surface area contributed by atoms with E-state index in [-0.39, 0.29) is 31.5 Å². The fourth-order valence-corrected chi connectivity index (χ4v) is 2.39. The van der Waals surface area contributed by atoms with Gasteiger partial charge >= 0.3 is 5.97 Å². The molecule has 1 aromatic rings. The average molecular weight is 332 g/mol. The number of halogens is 2. The Hall–Kier alpha value is -1.46. The minimum absolute atomic E-state index is 0.0655. The van der Waals surface area contributed by atoms with E-state index in [4.69, 9.17) is 33.0 Å². The van der Waals surface area contributed by atoms with Crippen molar-refractivity contribution in [3.63, 3.8) is 0 Å². The summed E-state index contributed by atoms with van der Waals surface area (Å²) in [5.41, 5.74) is 0. The second kappa shape index (κ2) is 7.00. The quantitative estimate of drug-likeness (QED) is 0.834. The van der Waals surface area contributed by atoms with Crippen molar-refractivity contribution in [2.75, 3.05) is 13.2 Å². The Labute approximate surface area is 132 Å². The molecule has 0 radical (unpaired) electrons. The molecule has 21 heavy (non-hydrogen) atoms. The summed E-state index contributed by atoms with van der Waals surface area (Å²) in [4.78, 5) is 24.3. The number of amides is 1. The molecule has 5 nitrogen and oxygen atoms in total. The standard InChI is InChI=1S/C14H15Cl2NO4/c15-9-1-4-12(11(16)7-9)21-8-13(18)17(10-2-3-10)6-5-14(19)20/h1,4,7,10H,2-3,5-6,8H2,(H,19,20). The maximum atomic E-state index is 12.1. The van der Waals surface area contributed by atoms with Gasteiger partial charge in [0.2, 0.25) is 0 Å². The van der Waals surface area contributed by atoms with Crippen LogP contribution in [0.4, 0.5) is 0 Å². The van der Waals surface area contributed by atoms with Crippen molar-refractivity contribution in [3.05, 3.63) is 28.2 Å². The van der Waals surface area contributed by atoms with Crippen molar-refractivity contribution in [1.29, 1.82) is 0 Å². The van der Waals surface area contributed by atoms with Gasteiger partial charge in [-0.3, -0.25) is 9.59 Å². The highest BCUT2D eigenvalue weighted by Gasteiger charge is 2.32. The van der Waals surface area contributed by atoms with E-state index in [1.165, 1.54) is 6.07 Å². The van der Waals surface area contributed by atoms with E-state index in [9.17, 15) is 9.59 Å². The molecule has 114 valence electrons. The number of rotatable bonds is 7. The van der Waals surface area contributed by atoms with Crippen LogP contribution in [0.25, 0.3) is 0 Å². The highest BCUT2D eigenvalue weighted by Crippen LogP contribution is 2.29. The first-order chi connectivity index (χ1) is 9.97. The molecule has 0 heterocycles. The molecule has 1 N–H and O–H groups in total. The molecule has 0 aliphatic heterocycles. The SMILES string of the molecule is O=C(O)CCN(C(=O)COc1ccc(Cl)cc1Cl)C1CC1. The Bertz CT molecular complexity index is 546. The van der Waals surface area contributed by atoms with E-state index < -0.39 is 5.97 Å². The van der Waals surface area contributed by atoms with E-state index in [0.717, 1.165) is 12.8 Å². The average Bonchev–Trinajstić information content (AvgIpc) is 3.22. The molecule has 0 aromatic heterocycles. The predicted molar refractivity (Wildman–Crippen MR) is 78.9 cm³/mol. The minimum atomic E-state index is -0.921. The number of carboxylic acids is 1. The lowest BCUT2D eigenvalue weighted by Gasteiger charge is -2.21. The van der Waals surface area contributed by atoms with Gasteiger partial charge in [-0.25, -0.2) is 0 Å². The first-order valence-electron chi connectivity index (χ1n) is 6.56. The number of ether oxygens (including phenoxy) is 1. The number of carbonyl (C=O) groups is 2. The van der Waals surface area contributed by atoms with Gasteiger partial charge in [-0.2, -0.15) is 0 Å². The Kier molecular flexibility index (Phi) is 5.31. The molecule has 7 heteroatoms. The van der Waals surface area contributed by atoms with Crippen molar-refractivity contribution in [3.8, 4) is 5.75 Å². The van der Waals surface area contributed by atoms with Crippen LogP contribution >= 0.6 is 23.2 Å². The smallest absolute Gasteiger partial charge is 0.305 e. The van der Waals surface area contributed by atoms with Crippen LogP contribution in [-0.2, 0) is 9.59 Å². The fourth-order valence-electron chi connectivity index (χ4n) is 1.93. The molecule has 0 saturated heterocycles. The molecule has 0 unspecified atom stereocenters. The molecule has 2 rings (SSSR count). The largest absolute Gasteiger partial charge is 0.482 e. The van der Waals surface area contributed by atoms with Crippen LogP contribution in [0.2, 0.25) is 10.0 Å². The van der Waals surface area contributed by atoms with Crippen LogP contribution in [0.5, 0.6) is 5.75 Å². The lowest BCUT2D eigenvalue weighted by molar-refractivity contribution is -0.139. The maximum Gasteiger partial charge on any atom is 0.305 e. The number of hydrogen-bond donors (Lipinski definition) is 1. The monoisotopic (exact) mass is 331 g/mol. The first-order valence-corrected chi connectivity index (χ1v) is 7.32. The number of nitrogens with zero attached hydrogens (tertiary/aromatic N) is 1. The van der Waals surface area contributed by atoms with Crippen molar-refractivity contribution >= 4 is 35.1 Å². The van der Waals surface area contributed by atoms with Gasteiger partial charge in [0.1, 0.15) is 5.75 Å². The van der Waals surface area contributed by atoms with E-state index in [1.807, 2.05) is 0 Å². The van der Waals surface area contributed by atoms with Crippen LogP contribution in [-0.4, -0.2) is 41.1 Å². The van der Waals surface area contributed by atoms with Gasteiger partial charge < -0.3 is 14.7 Å². The molecule has 1 aliphatic rings. The summed E-state index contributed by atoms with van der Waals surface area (Å²) in [5, 5.41) is 9.54. The molecular formula is C14H15Cl2NO4. The van der Waals surface area contributed by atoms with Gasteiger partial charge in [-0.1, -0.05) is 23.2 Å². The molecule has 1 aliphatic carbocycles. The Morgan fingerprint density at radius 3 is 2.62 bits per heavy atom. The highest BCUT2D eigenvalue weighted by molar-refractivity contribution is 6.35. The molecule has 0 bridgehead atoms. The third-order valence-corrected chi connectivity index (χ3v) is 3.65. The van der Waals surface area contributed by atoms with Crippen molar-refractivity contribution in [2.45, 2.75) is 25.3 Å². The summed E-state index contributed by atoms with van der Waals surface area (Å²) in [6.07, 6.45) is 1.75. The van der Waals surface area contributed by atoms with Gasteiger partial charge in [0.25, 0.3) is 5.91 Å². The molecule has 0 spiro atoms. The van der Waals surface area contributed by atoms with Crippen molar-refractivity contribution in [1.82, 2.24) is 4.90 Å². The summed E-state index contributed by atoms with van der Waals surface area (Å²) in [6.45, 7) is 0.0357. The number of carbonyl (C=O) groups excluding carboxylic acids is 1. The molecule has 1 amide bonds. The zero-order valence-corrected chi connectivity index (χ0v) is 12.7. The van der Waals surface area contributed by atoms with E-state index in [0.29, 0.717) is 15.8 Å². The number of carboxylic acid groups (broad SMARTS) is 1. The third-order valence-electron chi connectivity index (χ3n) is 3.12. The van der Waals surface area contributed by atoms with Gasteiger partial charge in [-0.15, -0.1) is 0 Å². The Morgan fingerprint density at radius 1 is 1.33 bits per heavy atom.